The molecule has 0 bridgehead atoms. The molecule has 82 valence electrons. The summed E-state index contributed by atoms with van der Waals surface area (Å²) in [5.41, 5.74) is 0.169. The van der Waals surface area contributed by atoms with Crippen molar-refractivity contribution in [2.75, 3.05) is 26.3 Å². The highest BCUT2D eigenvalue weighted by Crippen LogP contribution is 2.30. The molecule has 1 aliphatic rings. The Morgan fingerprint density at radius 2 is 2.07 bits per heavy atom. The average molecular weight is 201 g/mol. The van der Waals surface area contributed by atoms with Gasteiger partial charge in [-0.2, -0.15) is 0 Å². The number of hydrogen-bond donors (Lipinski definition) is 1. The van der Waals surface area contributed by atoms with Crippen molar-refractivity contribution in [3.8, 4) is 0 Å². The Bertz CT molecular complexity index is 198. The van der Waals surface area contributed by atoms with Gasteiger partial charge in [-0.15, -0.1) is 0 Å². The van der Waals surface area contributed by atoms with E-state index in [1.807, 2.05) is 6.92 Å². The van der Waals surface area contributed by atoms with Gasteiger partial charge in [-0.05, 0) is 25.2 Å². The fourth-order valence-electron chi connectivity index (χ4n) is 1.73. The van der Waals surface area contributed by atoms with Crippen LogP contribution < -0.4 is 0 Å². The number of rotatable bonds is 3. The summed E-state index contributed by atoms with van der Waals surface area (Å²) in [6.07, 6.45) is 1.00. The van der Waals surface area contributed by atoms with Crippen LogP contribution in [0, 0.1) is 5.41 Å². The predicted octanol–water partition coefficient (Wildman–Crippen LogP) is 1.80. The minimum atomic E-state index is -0.802. The quantitative estimate of drug-likeness (QED) is 0.757. The van der Waals surface area contributed by atoms with E-state index >= 15 is 0 Å². The summed E-state index contributed by atoms with van der Waals surface area (Å²) < 4.78 is 5.41. The summed E-state index contributed by atoms with van der Waals surface area (Å²) >= 11 is 0. The maximum absolute atomic E-state index is 10.7. The first-order chi connectivity index (χ1) is 6.57. The highest BCUT2D eigenvalue weighted by molar-refractivity contribution is 5.65. The van der Waals surface area contributed by atoms with Gasteiger partial charge in [-0.1, -0.05) is 6.92 Å². The molecule has 0 aromatic heterocycles. The van der Waals surface area contributed by atoms with E-state index in [1.165, 1.54) is 4.90 Å². The fraction of sp³-hybridized carbons (Fsp3) is 0.900. The summed E-state index contributed by atoms with van der Waals surface area (Å²) in [5, 5.41) is 8.78. The summed E-state index contributed by atoms with van der Waals surface area (Å²) in [5.74, 6) is 0. The Labute approximate surface area is 84.8 Å². The van der Waals surface area contributed by atoms with Crippen molar-refractivity contribution in [2.45, 2.75) is 26.7 Å². The average Bonchev–Trinajstić information content (AvgIpc) is 2.16. The molecule has 0 spiro atoms. The lowest BCUT2D eigenvalue weighted by Crippen LogP contribution is -2.43. The summed E-state index contributed by atoms with van der Waals surface area (Å²) in [4.78, 5) is 12.2. The van der Waals surface area contributed by atoms with Crippen LogP contribution in [0.5, 0.6) is 0 Å². The van der Waals surface area contributed by atoms with Crippen LogP contribution in [0.15, 0.2) is 0 Å². The number of likely N-dealkylation sites (tertiary alicyclic amines) is 1. The van der Waals surface area contributed by atoms with Gasteiger partial charge in [0.2, 0.25) is 0 Å². The SMILES string of the molecule is CCOCC1(C)CCN(C(=O)O)CC1. The molecule has 1 N–H and O–H groups in total. The van der Waals surface area contributed by atoms with E-state index in [0.717, 1.165) is 26.1 Å². The highest BCUT2D eigenvalue weighted by Gasteiger charge is 2.31. The van der Waals surface area contributed by atoms with Gasteiger partial charge in [-0.25, -0.2) is 4.79 Å². The van der Waals surface area contributed by atoms with Crippen molar-refractivity contribution in [1.82, 2.24) is 4.90 Å². The van der Waals surface area contributed by atoms with Crippen molar-refractivity contribution in [3.63, 3.8) is 0 Å². The number of hydrogen-bond acceptors (Lipinski definition) is 2. The van der Waals surface area contributed by atoms with Gasteiger partial charge in [0, 0.05) is 19.7 Å². The van der Waals surface area contributed by atoms with E-state index in [0.29, 0.717) is 13.1 Å². The Balaban J connectivity index is 2.36. The molecule has 0 aliphatic carbocycles. The molecular weight excluding hydrogens is 182 g/mol. The zero-order valence-corrected chi connectivity index (χ0v) is 8.95. The number of nitrogens with zero attached hydrogens (tertiary/aromatic N) is 1. The molecule has 1 amide bonds. The monoisotopic (exact) mass is 201 g/mol. The first kappa shape index (κ1) is 11.3. The van der Waals surface area contributed by atoms with E-state index < -0.39 is 6.09 Å². The number of amides is 1. The van der Waals surface area contributed by atoms with Crippen LogP contribution in [-0.2, 0) is 4.74 Å². The van der Waals surface area contributed by atoms with Crippen molar-refractivity contribution in [2.24, 2.45) is 5.41 Å². The first-order valence-corrected chi connectivity index (χ1v) is 5.13. The van der Waals surface area contributed by atoms with E-state index in [2.05, 4.69) is 6.92 Å². The Hall–Kier alpha value is -0.770. The van der Waals surface area contributed by atoms with Gasteiger partial charge in [0.05, 0.1) is 6.61 Å². The van der Waals surface area contributed by atoms with E-state index in [-0.39, 0.29) is 5.41 Å². The van der Waals surface area contributed by atoms with Crippen LogP contribution in [0.1, 0.15) is 26.7 Å². The van der Waals surface area contributed by atoms with Crippen molar-refractivity contribution >= 4 is 6.09 Å². The minimum Gasteiger partial charge on any atom is -0.465 e. The molecule has 0 aromatic rings. The number of carbonyl (C=O) groups is 1. The molecule has 0 saturated carbocycles. The molecule has 4 heteroatoms. The third kappa shape index (κ3) is 2.87. The lowest BCUT2D eigenvalue weighted by molar-refractivity contribution is 0.0183. The molecule has 1 aliphatic heterocycles. The number of ether oxygens (including phenoxy) is 1. The topological polar surface area (TPSA) is 49.8 Å². The lowest BCUT2D eigenvalue weighted by atomic mass is 9.81. The number of piperidine rings is 1. The minimum absolute atomic E-state index is 0.169. The molecule has 0 unspecified atom stereocenters. The lowest BCUT2D eigenvalue weighted by Gasteiger charge is -2.37. The smallest absolute Gasteiger partial charge is 0.407 e. The molecule has 0 atom stereocenters. The Kier molecular flexibility index (Phi) is 3.75. The van der Waals surface area contributed by atoms with Crippen molar-refractivity contribution < 1.29 is 14.6 Å². The molecule has 1 saturated heterocycles. The predicted molar refractivity (Wildman–Crippen MR) is 53.4 cm³/mol. The third-order valence-electron chi connectivity index (χ3n) is 2.90. The fourth-order valence-corrected chi connectivity index (χ4v) is 1.73. The van der Waals surface area contributed by atoms with Crippen LogP contribution in [0.2, 0.25) is 0 Å². The van der Waals surface area contributed by atoms with Crippen LogP contribution in [0.3, 0.4) is 0 Å². The van der Waals surface area contributed by atoms with Gasteiger partial charge < -0.3 is 14.7 Å². The molecule has 1 rings (SSSR count). The molecule has 0 aromatic carbocycles. The van der Waals surface area contributed by atoms with Gasteiger partial charge in [0.25, 0.3) is 0 Å². The van der Waals surface area contributed by atoms with Crippen molar-refractivity contribution in [3.05, 3.63) is 0 Å². The van der Waals surface area contributed by atoms with E-state index in [4.69, 9.17) is 9.84 Å². The molecule has 1 fully saturated rings. The standard InChI is InChI=1S/C10H19NO3/c1-3-14-8-10(2)4-6-11(7-5-10)9(12)13/h3-8H2,1-2H3,(H,12,13). The molecule has 1 heterocycles. The Morgan fingerprint density at radius 1 is 1.50 bits per heavy atom. The van der Waals surface area contributed by atoms with Gasteiger partial charge >= 0.3 is 6.09 Å². The van der Waals surface area contributed by atoms with Gasteiger partial charge in [0.1, 0.15) is 0 Å². The maximum Gasteiger partial charge on any atom is 0.407 e. The van der Waals surface area contributed by atoms with Crippen LogP contribution >= 0.6 is 0 Å². The normalized spacial score (nSPS) is 20.9. The summed E-state index contributed by atoms with van der Waals surface area (Å²) in [6.45, 7) is 6.91. The maximum atomic E-state index is 10.7. The second-order valence-electron chi connectivity index (χ2n) is 4.22. The zero-order chi connectivity index (χ0) is 10.6. The largest absolute Gasteiger partial charge is 0.465 e. The number of carboxylic acid groups (broad SMARTS) is 1. The van der Waals surface area contributed by atoms with Crippen molar-refractivity contribution in [1.29, 1.82) is 0 Å². The second-order valence-corrected chi connectivity index (χ2v) is 4.22. The third-order valence-corrected chi connectivity index (χ3v) is 2.90. The summed E-state index contributed by atoms with van der Waals surface area (Å²) in [6, 6.07) is 0. The Morgan fingerprint density at radius 3 is 2.50 bits per heavy atom. The molecule has 4 nitrogen and oxygen atoms in total. The van der Waals surface area contributed by atoms with Gasteiger partial charge in [-0.3, -0.25) is 0 Å². The summed E-state index contributed by atoms with van der Waals surface area (Å²) in [7, 11) is 0. The van der Waals surface area contributed by atoms with Gasteiger partial charge in [0.15, 0.2) is 0 Å². The van der Waals surface area contributed by atoms with E-state index in [9.17, 15) is 4.79 Å². The molecular formula is C10H19NO3. The van der Waals surface area contributed by atoms with Crippen LogP contribution in [0.25, 0.3) is 0 Å². The van der Waals surface area contributed by atoms with E-state index in [1.54, 1.807) is 0 Å². The molecule has 14 heavy (non-hydrogen) atoms. The first-order valence-electron chi connectivity index (χ1n) is 5.13. The highest BCUT2D eigenvalue weighted by atomic mass is 16.5. The zero-order valence-electron chi connectivity index (χ0n) is 8.95. The van der Waals surface area contributed by atoms with Crippen LogP contribution in [0.4, 0.5) is 4.79 Å². The second kappa shape index (κ2) is 4.64. The molecule has 0 radical (unpaired) electrons. The van der Waals surface area contributed by atoms with Crippen LogP contribution in [-0.4, -0.2) is 42.4 Å².